The predicted molar refractivity (Wildman–Crippen MR) is 55.1 cm³/mol. The summed E-state index contributed by atoms with van der Waals surface area (Å²) >= 11 is 0. The summed E-state index contributed by atoms with van der Waals surface area (Å²) in [7, 11) is 3.08. The fourth-order valence-electron chi connectivity index (χ4n) is 0.995. The Morgan fingerprint density at radius 1 is 1.44 bits per heavy atom. The van der Waals surface area contributed by atoms with Gasteiger partial charge in [0.25, 0.3) is 0 Å². The van der Waals surface area contributed by atoms with Crippen LogP contribution >= 0.6 is 0 Å². The topological polar surface area (TPSA) is 77.3 Å². The Kier molecular flexibility index (Phi) is 4.26. The zero-order chi connectivity index (χ0) is 12.0. The molecule has 1 aromatic rings. The average Bonchev–Trinajstić information content (AvgIpc) is 2.26. The Labute approximate surface area is 93.1 Å². The van der Waals surface area contributed by atoms with Crippen LogP contribution in [0.4, 0.5) is 5.69 Å². The summed E-state index contributed by atoms with van der Waals surface area (Å²) in [5.41, 5.74) is 0.617. The van der Waals surface area contributed by atoms with Gasteiger partial charge >= 0.3 is 0 Å². The molecule has 0 saturated carbocycles. The molecule has 0 fully saturated rings. The lowest BCUT2D eigenvalue weighted by molar-refractivity contribution is -0.306. The fourth-order valence-corrected chi connectivity index (χ4v) is 0.995. The quantitative estimate of drug-likeness (QED) is 0.533. The van der Waals surface area contributed by atoms with E-state index in [2.05, 4.69) is 10.3 Å². The largest absolute Gasteiger partial charge is 0.548 e. The molecule has 0 amide bonds. The van der Waals surface area contributed by atoms with Crippen LogP contribution in [-0.4, -0.2) is 31.7 Å². The number of carbonyl (C=O) groups is 1. The van der Waals surface area contributed by atoms with Crippen molar-refractivity contribution in [1.82, 2.24) is 5.01 Å². The van der Waals surface area contributed by atoms with E-state index in [0.717, 1.165) is 5.75 Å². The third-order valence-corrected chi connectivity index (χ3v) is 1.74. The first-order chi connectivity index (χ1) is 7.61. The number of benzene rings is 1. The van der Waals surface area contributed by atoms with Crippen molar-refractivity contribution < 1.29 is 14.6 Å². The molecule has 1 rings (SSSR count). The van der Waals surface area contributed by atoms with Crippen molar-refractivity contribution >= 4 is 11.7 Å². The number of nitrogens with zero attached hydrogens (tertiary/aromatic N) is 3. The predicted octanol–water partition coefficient (Wildman–Crippen LogP) is 0.376. The van der Waals surface area contributed by atoms with Gasteiger partial charge in [-0.3, -0.25) is 5.01 Å². The molecule has 16 heavy (non-hydrogen) atoms. The summed E-state index contributed by atoms with van der Waals surface area (Å²) < 4.78 is 4.98. The summed E-state index contributed by atoms with van der Waals surface area (Å²) in [4.78, 5) is 10.2. The first kappa shape index (κ1) is 12.0. The van der Waals surface area contributed by atoms with E-state index in [1.165, 1.54) is 12.1 Å². The summed E-state index contributed by atoms with van der Waals surface area (Å²) in [6.45, 7) is -0.292. The van der Waals surface area contributed by atoms with Gasteiger partial charge in [0, 0.05) is 7.05 Å². The molecule has 0 aromatic heterocycles. The molecule has 6 heteroatoms. The van der Waals surface area contributed by atoms with Crippen molar-refractivity contribution in [3.8, 4) is 5.75 Å². The van der Waals surface area contributed by atoms with Gasteiger partial charge in [0.1, 0.15) is 5.75 Å². The Balaban J connectivity index is 2.58. The lowest BCUT2D eigenvalue weighted by Gasteiger charge is -2.10. The standard InChI is InChI=1S/C10H13N3O3/c1-13(7-10(14)15)12-11-8-3-5-9(16-2)6-4-8/h3-6H,7H2,1-2H3,(H,14,15)/p-1. The van der Waals surface area contributed by atoms with Gasteiger partial charge in [0.05, 0.1) is 25.3 Å². The van der Waals surface area contributed by atoms with Crippen molar-refractivity contribution in [1.29, 1.82) is 0 Å². The van der Waals surface area contributed by atoms with E-state index in [1.54, 1.807) is 31.4 Å². The van der Waals surface area contributed by atoms with Gasteiger partial charge in [0.15, 0.2) is 0 Å². The van der Waals surface area contributed by atoms with Gasteiger partial charge in [-0.05, 0) is 24.3 Å². The first-order valence-electron chi connectivity index (χ1n) is 4.58. The second kappa shape index (κ2) is 5.69. The van der Waals surface area contributed by atoms with E-state index < -0.39 is 5.97 Å². The number of likely N-dealkylation sites (N-methyl/N-ethyl adjacent to an activating group) is 1. The smallest absolute Gasteiger partial charge is 0.119 e. The molecule has 86 valence electrons. The van der Waals surface area contributed by atoms with Crippen LogP contribution in [0.25, 0.3) is 0 Å². The summed E-state index contributed by atoms with van der Waals surface area (Å²) in [5, 5.41) is 18.9. The SMILES string of the molecule is COc1ccc(N=NN(C)CC(=O)[O-])cc1. The molecule has 0 heterocycles. The Hall–Kier alpha value is -2.11. The molecule has 0 N–H and O–H groups in total. The summed E-state index contributed by atoms with van der Waals surface area (Å²) in [6, 6.07) is 6.92. The molecule has 0 aliphatic rings. The normalized spacial score (nSPS) is 10.4. The van der Waals surface area contributed by atoms with E-state index in [-0.39, 0.29) is 6.54 Å². The van der Waals surface area contributed by atoms with Crippen molar-refractivity contribution in [2.24, 2.45) is 10.3 Å². The molecule has 0 bridgehead atoms. The number of aliphatic carboxylic acids is 1. The van der Waals surface area contributed by atoms with Crippen molar-refractivity contribution in [2.75, 3.05) is 20.7 Å². The fraction of sp³-hybridized carbons (Fsp3) is 0.300. The van der Waals surface area contributed by atoms with Crippen LogP contribution in [0.3, 0.4) is 0 Å². The third kappa shape index (κ3) is 3.95. The molecule has 0 aliphatic heterocycles. The number of ether oxygens (including phenoxy) is 1. The van der Waals surface area contributed by atoms with E-state index in [0.29, 0.717) is 5.69 Å². The zero-order valence-corrected chi connectivity index (χ0v) is 9.08. The third-order valence-electron chi connectivity index (χ3n) is 1.74. The van der Waals surface area contributed by atoms with Gasteiger partial charge in [0.2, 0.25) is 0 Å². The van der Waals surface area contributed by atoms with Crippen LogP contribution in [0, 0.1) is 0 Å². The highest BCUT2D eigenvalue weighted by Crippen LogP contribution is 2.17. The second-order valence-corrected chi connectivity index (χ2v) is 3.08. The molecule has 6 nitrogen and oxygen atoms in total. The number of methoxy groups -OCH3 is 1. The number of hydrogen-bond acceptors (Lipinski definition) is 5. The maximum atomic E-state index is 10.2. The Bertz CT molecular complexity index is 375. The van der Waals surface area contributed by atoms with Gasteiger partial charge in [-0.15, -0.1) is 5.11 Å². The second-order valence-electron chi connectivity index (χ2n) is 3.08. The first-order valence-corrected chi connectivity index (χ1v) is 4.58. The summed E-state index contributed by atoms with van der Waals surface area (Å²) in [5.74, 6) is -0.474. The van der Waals surface area contributed by atoms with Crippen LogP contribution in [0.2, 0.25) is 0 Å². The Morgan fingerprint density at radius 3 is 2.56 bits per heavy atom. The van der Waals surface area contributed by atoms with Crippen LogP contribution in [0.1, 0.15) is 0 Å². The minimum Gasteiger partial charge on any atom is -0.548 e. The van der Waals surface area contributed by atoms with E-state index in [1.807, 2.05) is 0 Å². The maximum Gasteiger partial charge on any atom is 0.119 e. The van der Waals surface area contributed by atoms with Crippen molar-refractivity contribution in [3.05, 3.63) is 24.3 Å². The maximum absolute atomic E-state index is 10.2. The van der Waals surface area contributed by atoms with Crippen molar-refractivity contribution in [3.63, 3.8) is 0 Å². The molecular weight excluding hydrogens is 210 g/mol. The number of rotatable bonds is 5. The number of carboxylic acid groups (broad SMARTS) is 1. The molecule has 0 radical (unpaired) electrons. The molecule has 0 unspecified atom stereocenters. The number of carbonyl (C=O) groups excluding carboxylic acids is 1. The van der Waals surface area contributed by atoms with Crippen LogP contribution in [-0.2, 0) is 4.79 Å². The lowest BCUT2D eigenvalue weighted by Crippen LogP contribution is -2.33. The average molecular weight is 222 g/mol. The number of carboxylic acids is 1. The molecular formula is C10H12N3O3-. The minimum atomic E-state index is -1.20. The monoisotopic (exact) mass is 222 g/mol. The zero-order valence-electron chi connectivity index (χ0n) is 9.08. The molecule has 0 saturated heterocycles. The highest BCUT2D eigenvalue weighted by atomic mass is 16.5. The lowest BCUT2D eigenvalue weighted by atomic mass is 10.3. The molecule has 0 aliphatic carbocycles. The highest BCUT2D eigenvalue weighted by molar-refractivity contribution is 5.66. The van der Waals surface area contributed by atoms with E-state index in [4.69, 9.17) is 4.74 Å². The van der Waals surface area contributed by atoms with E-state index in [9.17, 15) is 9.90 Å². The van der Waals surface area contributed by atoms with E-state index >= 15 is 0 Å². The molecule has 1 aromatic carbocycles. The Morgan fingerprint density at radius 2 is 2.06 bits per heavy atom. The van der Waals surface area contributed by atoms with Gasteiger partial charge in [-0.1, -0.05) is 5.22 Å². The number of hydrogen-bond donors (Lipinski definition) is 0. The van der Waals surface area contributed by atoms with Crippen LogP contribution in [0.5, 0.6) is 5.75 Å². The van der Waals surface area contributed by atoms with Gasteiger partial charge in [-0.2, -0.15) is 0 Å². The molecule has 0 spiro atoms. The van der Waals surface area contributed by atoms with Crippen molar-refractivity contribution in [2.45, 2.75) is 0 Å². The van der Waals surface area contributed by atoms with Gasteiger partial charge in [-0.25, -0.2) is 0 Å². The van der Waals surface area contributed by atoms with Gasteiger partial charge < -0.3 is 14.6 Å². The minimum absolute atomic E-state index is 0.292. The molecule has 0 atom stereocenters. The summed E-state index contributed by atoms with van der Waals surface area (Å²) in [6.07, 6.45) is 0. The highest BCUT2D eigenvalue weighted by Gasteiger charge is 1.94. The van der Waals surface area contributed by atoms with Crippen LogP contribution < -0.4 is 9.84 Å². The van der Waals surface area contributed by atoms with Crippen LogP contribution in [0.15, 0.2) is 34.6 Å².